The Morgan fingerprint density at radius 2 is 1.78 bits per heavy atom. The Labute approximate surface area is 164 Å². The number of rotatable bonds is 3. The minimum atomic E-state index is -3.20. The van der Waals surface area contributed by atoms with E-state index in [-0.39, 0.29) is 29.6 Å². The molecule has 2 heterocycles. The molecule has 2 aliphatic rings. The van der Waals surface area contributed by atoms with Crippen molar-refractivity contribution in [1.29, 1.82) is 0 Å². The number of nitrogens with zero attached hydrogens (tertiary/aromatic N) is 2. The van der Waals surface area contributed by atoms with Gasteiger partial charge in [-0.05, 0) is 42.7 Å². The maximum atomic E-state index is 13.3. The summed E-state index contributed by atoms with van der Waals surface area (Å²) in [5.74, 6) is -0.00890. The number of carbonyl (C=O) groups excluding carboxylic acids is 1. The highest BCUT2D eigenvalue weighted by molar-refractivity contribution is 7.91. The number of fused-ring (bicyclic) bond motifs is 1. The first kappa shape index (κ1) is 18.3. The van der Waals surface area contributed by atoms with E-state index in [0.717, 1.165) is 22.4 Å². The van der Waals surface area contributed by atoms with Gasteiger partial charge in [0.1, 0.15) is 0 Å². The Kier molecular flexibility index (Phi) is 4.43. The highest BCUT2D eigenvalue weighted by Crippen LogP contribution is 2.38. The Hall–Kier alpha value is -2.05. The molecule has 0 bridgehead atoms. The van der Waals surface area contributed by atoms with Crippen LogP contribution in [0.5, 0.6) is 0 Å². The van der Waals surface area contributed by atoms with Crippen LogP contribution in [0.15, 0.2) is 42.5 Å². The number of sulfone groups is 1. The van der Waals surface area contributed by atoms with Crippen molar-refractivity contribution in [2.75, 3.05) is 16.4 Å². The summed E-state index contributed by atoms with van der Waals surface area (Å²) >= 11 is 6.28. The number of anilines is 1. The van der Waals surface area contributed by atoms with Crippen LogP contribution in [-0.4, -0.2) is 42.9 Å². The van der Waals surface area contributed by atoms with E-state index in [2.05, 4.69) is 0 Å². The van der Waals surface area contributed by atoms with Crippen LogP contribution in [0, 0.1) is 13.8 Å². The third-order valence-corrected chi connectivity index (χ3v) is 7.47. The van der Waals surface area contributed by atoms with Gasteiger partial charge in [0.05, 0.1) is 23.6 Å². The summed E-state index contributed by atoms with van der Waals surface area (Å²) in [5.41, 5.74) is 3.59. The molecule has 142 valence electrons. The average Bonchev–Trinajstić information content (AvgIpc) is 3.03. The summed E-state index contributed by atoms with van der Waals surface area (Å²) in [6.45, 7) is 4.21. The van der Waals surface area contributed by atoms with Crippen LogP contribution in [0.4, 0.5) is 10.5 Å². The van der Waals surface area contributed by atoms with Gasteiger partial charge in [-0.3, -0.25) is 4.90 Å². The molecule has 0 radical (unpaired) electrons. The number of carbonyl (C=O) groups is 1. The Morgan fingerprint density at radius 3 is 2.52 bits per heavy atom. The maximum absolute atomic E-state index is 13.3. The number of halogens is 1. The standard InChI is InChI=1S/C20H21ClN2O3S/c1-13-7-8-14(2)17(9-13)23-19-12-27(25,26)11-18(19)22(20(23)24)10-15-5-3-4-6-16(15)21/h3-9,18-19H,10-12H2,1-2H3/t18-,19+/m1/s1. The Morgan fingerprint density at radius 1 is 1.07 bits per heavy atom. The van der Waals surface area contributed by atoms with Gasteiger partial charge in [-0.1, -0.05) is 41.9 Å². The average molecular weight is 405 g/mol. The van der Waals surface area contributed by atoms with Gasteiger partial charge in [0.25, 0.3) is 0 Å². The highest BCUT2D eigenvalue weighted by Gasteiger charge is 2.54. The summed E-state index contributed by atoms with van der Waals surface area (Å²) < 4.78 is 24.7. The van der Waals surface area contributed by atoms with E-state index in [1.807, 2.05) is 50.2 Å². The smallest absolute Gasteiger partial charge is 0.314 e. The molecule has 4 rings (SSSR count). The summed E-state index contributed by atoms with van der Waals surface area (Å²) in [7, 11) is -3.20. The van der Waals surface area contributed by atoms with E-state index < -0.39 is 9.84 Å². The monoisotopic (exact) mass is 404 g/mol. The number of benzene rings is 2. The molecule has 2 aliphatic heterocycles. The van der Waals surface area contributed by atoms with Gasteiger partial charge in [-0.25, -0.2) is 13.2 Å². The summed E-state index contributed by atoms with van der Waals surface area (Å²) in [4.78, 5) is 16.7. The van der Waals surface area contributed by atoms with Crippen LogP contribution < -0.4 is 4.90 Å². The Bertz CT molecular complexity index is 1020. The lowest BCUT2D eigenvalue weighted by Gasteiger charge is -2.24. The first-order chi connectivity index (χ1) is 12.8. The summed E-state index contributed by atoms with van der Waals surface area (Å²) in [5, 5.41) is 0.577. The van der Waals surface area contributed by atoms with Crippen molar-refractivity contribution in [3.8, 4) is 0 Å². The van der Waals surface area contributed by atoms with E-state index in [0.29, 0.717) is 11.6 Å². The predicted octanol–water partition coefficient (Wildman–Crippen LogP) is 3.56. The molecule has 7 heteroatoms. The molecule has 2 amide bonds. The van der Waals surface area contributed by atoms with Crippen LogP contribution in [0.3, 0.4) is 0 Å². The lowest BCUT2D eigenvalue weighted by atomic mass is 10.1. The molecule has 0 aliphatic carbocycles. The first-order valence-corrected chi connectivity index (χ1v) is 11.1. The molecule has 2 atom stereocenters. The van der Waals surface area contributed by atoms with Crippen molar-refractivity contribution in [1.82, 2.24) is 4.90 Å². The van der Waals surface area contributed by atoms with Gasteiger partial charge in [0, 0.05) is 17.3 Å². The summed E-state index contributed by atoms with van der Waals surface area (Å²) in [6, 6.07) is 12.4. The molecule has 0 spiro atoms. The fourth-order valence-corrected chi connectivity index (χ4v) is 6.18. The molecule has 0 aromatic heterocycles. The van der Waals surface area contributed by atoms with Gasteiger partial charge >= 0.3 is 6.03 Å². The third kappa shape index (κ3) is 3.21. The molecule has 0 unspecified atom stereocenters. The van der Waals surface area contributed by atoms with Crippen molar-refractivity contribution < 1.29 is 13.2 Å². The highest BCUT2D eigenvalue weighted by atomic mass is 35.5. The van der Waals surface area contributed by atoms with Crippen molar-refractivity contribution in [2.45, 2.75) is 32.5 Å². The number of hydrogen-bond acceptors (Lipinski definition) is 3. The van der Waals surface area contributed by atoms with Gasteiger partial charge in [0.15, 0.2) is 9.84 Å². The SMILES string of the molecule is Cc1ccc(C)c(N2C(=O)N(Cc3ccccc3Cl)[C@@H]3CS(=O)(=O)C[C@@H]32)c1. The van der Waals surface area contributed by atoms with E-state index in [1.165, 1.54) is 0 Å². The van der Waals surface area contributed by atoms with E-state index in [9.17, 15) is 13.2 Å². The molecule has 0 N–H and O–H groups in total. The second kappa shape index (κ2) is 6.53. The minimum Gasteiger partial charge on any atom is -0.314 e. The first-order valence-electron chi connectivity index (χ1n) is 8.88. The van der Waals surface area contributed by atoms with Crippen LogP contribution in [-0.2, 0) is 16.4 Å². The largest absolute Gasteiger partial charge is 0.325 e. The normalized spacial score (nSPS) is 23.7. The quantitative estimate of drug-likeness (QED) is 0.735. The zero-order valence-electron chi connectivity index (χ0n) is 15.2. The van der Waals surface area contributed by atoms with Crippen LogP contribution in [0.2, 0.25) is 5.02 Å². The molecule has 2 aromatic carbocycles. The molecular weight excluding hydrogens is 384 g/mol. The van der Waals surface area contributed by atoms with Crippen molar-refractivity contribution in [3.63, 3.8) is 0 Å². The minimum absolute atomic E-state index is 0.00416. The molecule has 5 nitrogen and oxygen atoms in total. The van der Waals surface area contributed by atoms with Gasteiger partial charge in [-0.15, -0.1) is 0 Å². The van der Waals surface area contributed by atoms with Crippen molar-refractivity contribution >= 4 is 33.2 Å². The number of amides is 2. The van der Waals surface area contributed by atoms with Gasteiger partial charge in [-0.2, -0.15) is 0 Å². The predicted molar refractivity (Wildman–Crippen MR) is 107 cm³/mol. The maximum Gasteiger partial charge on any atom is 0.325 e. The topological polar surface area (TPSA) is 57.7 Å². The number of aryl methyl sites for hydroxylation is 2. The van der Waals surface area contributed by atoms with Crippen LogP contribution in [0.1, 0.15) is 16.7 Å². The molecule has 0 saturated carbocycles. The zero-order chi connectivity index (χ0) is 19.3. The van der Waals surface area contributed by atoms with Crippen molar-refractivity contribution in [2.24, 2.45) is 0 Å². The fraction of sp³-hybridized carbons (Fsp3) is 0.350. The molecule has 2 aromatic rings. The van der Waals surface area contributed by atoms with Crippen LogP contribution in [0.25, 0.3) is 0 Å². The second-order valence-electron chi connectivity index (χ2n) is 7.37. The summed E-state index contributed by atoms with van der Waals surface area (Å²) in [6.07, 6.45) is 0. The zero-order valence-corrected chi connectivity index (χ0v) is 16.8. The molecule has 27 heavy (non-hydrogen) atoms. The van der Waals surface area contributed by atoms with Crippen molar-refractivity contribution in [3.05, 3.63) is 64.2 Å². The Balaban J connectivity index is 1.76. The van der Waals surface area contributed by atoms with E-state index >= 15 is 0 Å². The third-order valence-electron chi connectivity index (χ3n) is 5.40. The molecule has 2 fully saturated rings. The molecular formula is C20H21ClN2O3S. The van der Waals surface area contributed by atoms with Crippen LogP contribution >= 0.6 is 11.6 Å². The van der Waals surface area contributed by atoms with E-state index in [4.69, 9.17) is 11.6 Å². The van der Waals surface area contributed by atoms with E-state index in [1.54, 1.807) is 15.9 Å². The van der Waals surface area contributed by atoms with Gasteiger partial charge in [0.2, 0.25) is 0 Å². The lowest BCUT2D eigenvalue weighted by Crippen LogP contribution is -2.38. The number of urea groups is 1. The van der Waals surface area contributed by atoms with Gasteiger partial charge < -0.3 is 4.90 Å². The lowest BCUT2D eigenvalue weighted by molar-refractivity contribution is 0.206. The molecule has 2 saturated heterocycles. The second-order valence-corrected chi connectivity index (χ2v) is 9.93. The fourth-order valence-electron chi connectivity index (χ4n) is 4.03. The number of hydrogen-bond donors (Lipinski definition) is 0.